The number of hydrogen-bond acceptors (Lipinski definition) is 19. The van der Waals surface area contributed by atoms with Crippen molar-refractivity contribution >= 4 is 121 Å². The number of hydrogen-bond donors (Lipinski definition) is 4. The van der Waals surface area contributed by atoms with E-state index in [0.29, 0.717) is 54.6 Å². The molecule has 0 saturated carbocycles. The molecule has 0 saturated heterocycles. The van der Waals surface area contributed by atoms with E-state index >= 15 is 0 Å². The van der Waals surface area contributed by atoms with Crippen LogP contribution in [0, 0.1) is 13.8 Å². The van der Waals surface area contributed by atoms with E-state index in [-0.39, 0.29) is 28.5 Å². The molecule has 3 aromatic heterocycles. The van der Waals surface area contributed by atoms with E-state index in [1.165, 1.54) is 40.5 Å². The molecule has 7 aromatic rings. The number of azo groups is 2. The molecule has 0 spiro atoms. The Morgan fingerprint density at radius 1 is 0.661 bits per heavy atom. The first kappa shape index (κ1) is 44.3. The van der Waals surface area contributed by atoms with Crippen molar-refractivity contribution in [1.29, 1.82) is 0 Å². The van der Waals surface area contributed by atoms with E-state index < -0.39 is 10.1 Å². The number of thiazole rings is 2. The van der Waals surface area contributed by atoms with Gasteiger partial charge in [0.25, 0.3) is 10.1 Å². The molecule has 0 bridgehead atoms. The Morgan fingerprint density at radius 2 is 1.19 bits per heavy atom. The van der Waals surface area contributed by atoms with Crippen molar-refractivity contribution < 1.29 is 18.1 Å². The molecule has 21 heteroatoms. The van der Waals surface area contributed by atoms with Crippen molar-refractivity contribution in [2.24, 2.45) is 20.5 Å². The molecule has 0 unspecified atom stereocenters. The number of anilines is 6. The van der Waals surface area contributed by atoms with Gasteiger partial charge in [-0.05, 0) is 113 Å². The average Bonchev–Trinajstić information content (AvgIpc) is 3.85. The fraction of sp³-hybridized carbons (Fsp3) is 0.293. The number of fused-ring (bicyclic) bond motifs is 2. The molecule has 0 aliphatic rings. The second-order valence-electron chi connectivity index (χ2n) is 13.8. The summed E-state index contributed by atoms with van der Waals surface area (Å²) in [6, 6.07) is 20.7. The van der Waals surface area contributed by atoms with Crippen LogP contribution < -0.4 is 20.4 Å². The topological polar surface area (TPSA) is 219 Å². The van der Waals surface area contributed by atoms with Gasteiger partial charge in [0.1, 0.15) is 11.4 Å². The van der Waals surface area contributed by atoms with E-state index in [0.717, 1.165) is 53.3 Å². The van der Waals surface area contributed by atoms with Crippen LogP contribution in [0.5, 0.6) is 0 Å². The summed E-state index contributed by atoms with van der Waals surface area (Å²) < 4.78 is 35.3. The van der Waals surface area contributed by atoms with Crippen LogP contribution in [0.3, 0.4) is 0 Å². The van der Waals surface area contributed by atoms with Gasteiger partial charge in [0.2, 0.25) is 22.2 Å². The normalized spacial score (nSPS) is 12.0. The highest BCUT2D eigenvalue weighted by molar-refractivity contribution is 7.99. The molecule has 4 N–H and O–H groups in total. The van der Waals surface area contributed by atoms with Crippen LogP contribution in [0.25, 0.3) is 20.4 Å². The summed E-state index contributed by atoms with van der Waals surface area (Å²) in [5, 5.41) is 35.8. The van der Waals surface area contributed by atoms with Gasteiger partial charge in [0, 0.05) is 43.3 Å². The second-order valence-corrected chi connectivity index (χ2v) is 18.2. The minimum atomic E-state index is -4.43. The van der Waals surface area contributed by atoms with Crippen LogP contribution in [-0.2, 0) is 10.1 Å². The Labute approximate surface area is 371 Å². The summed E-state index contributed by atoms with van der Waals surface area (Å²) in [7, 11) is -4.43. The molecule has 62 heavy (non-hydrogen) atoms. The molecule has 4 aromatic carbocycles. The van der Waals surface area contributed by atoms with E-state index in [4.69, 9.17) is 15.0 Å². The maximum absolute atomic E-state index is 11.9. The maximum Gasteiger partial charge on any atom is 0.294 e. The van der Waals surface area contributed by atoms with Crippen LogP contribution in [0.4, 0.5) is 56.3 Å². The molecule has 7 rings (SSSR count). The highest BCUT2D eigenvalue weighted by atomic mass is 32.2. The van der Waals surface area contributed by atoms with Gasteiger partial charge < -0.3 is 25.5 Å². The van der Waals surface area contributed by atoms with Crippen LogP contribution in [0.15, 0.2) is 97.2 Å². The number of nitrogens with one attached hydrogen (secondary N) is 2. The molecule has 0 aliphatic heterocycles. The van der Waals surface area contributed by atoms with E-state index in [1.807, 2.05) is 55.5 Å². The summed E-state index contributed by atoms with van der Waals surface area (Å²) in [6.45, 7) is 15.0. The molecule has 17 nitrogen and oxygen atoms in total. The number of benzene rings is 4. The SMILES string of the molecule is CCN(CC)c1ccc(/N=N/c2nc3ccc(C)cc3s2)c(Nc2nc(Nc3cc(N(CC)CC)ccc3/N=N/c3nc4cc(S(=O)(=O)O)c(C)cc4s3)nc(SCCO)n2)c1. The van der Waals surface area contributed by atoms with Gasteiger partial charge in [0.15, 0.2) is 5.16 Å². The molecule has 0 amide bonds. The summed E-state index contributed by atoms with van der Waals surface area (Å²) in [5.41, 5.74) is 6.82. The fourth-order valence-corrected chi connectivity index (χ4v) is 9.58. The van der Waals surface area contributed by atoms with Crippen LogP contribution in [0.2, 0.25) is 0 Å². The lowest BCUT2D eigenvalue weighted by molar-refractivity contribution is 0.322. The smallest absolute Gasteiger partial charge is 0.294 e. The van der Waals surface area contributed by atoms with Crippen molar-refractivity contribution in [3.8, 4) is 0 Å². The van der Waals surface area contributed by atoms with Crippen LogP contribution in [0.1, 0.15) is 38.8 Å². The molecule has 0 fully saturated rings. The van der Waals surface area contributed by atoms with E-state index in [9.17, 15) is 18.1 Å². The number of nitrogens with zero attached hydrogens (tertiary/aromatic N) is 11. The lowest BCUT2D eigenvalue weighted by atomic mass is 10.2. The third-order valence-corrected chi connectivity index (χ3v) is 13.2. The quantitative estimate of drug-likeness (QED) is 0.0358. The molecule has 0 aliphatic carbocycles. The van der Waals surface area contributed by atoms with Gasteiger partial charge in [-0.2, -0.15) is 23.4 Å². The first-order valence-electron chi connectivity index (χ1n) is 19.8. The van der Waals surface area contributed by atoms with Gasteiger partial charge in [-0.25, -0.2) is 9.97 Å². The number of aliphatic hydroxyl groups excluding tert-OH is 1. The van der Waals surface area contributed by atoms with Crippen molar-refractivity contribution in [2.75, 3.05) is 59.0 Å². The summed E-state index contributed by atoms with van der Waals surface area (Å²) in [6.07, 6.45) is 0. The Balaban J connectivity index is 1.26. The van der Waals surface area contributed by atoms with E-state index in [2.05, 4.69) is 84.6 Å². The predicted octanol–water partition coefficient (Wildman–Crippen LogP) is 11.0. The number of aromatic nitrogens is 5. The summed E-state index contributed by atoms with van der Waals surface area (Å²) >= 11 is 3.97. The monoisotopic (exact) mass is 911 g/mol. The first-order chi connectivity index (χ1) is 29.9. The summed E-state index contributed by atoms with van der Waals surface area (Å²) in [4.78, 5) is 27.5. The van der Waals surface area contributed by atoms with Gasteiger partial charge in [-0.15, -0.1) is 20.5 Å². The molecule has 0 radical (unpaired) electrons. The number of aliphatic hydroxyl groups is 1. The average molecular weight is 912 g/mol. The van der Waals surface area contributed by atoms with Crippen molar-refractivity contribution in [1.82, 2.24) is 24.9 Å². The Bertz CT molecular complexity index is 2890. The van der Waals surface area contributed by atoms with Crippen molar-refractivity contribution in [3.05, 3.63) is 77.9 Å². The molecule has 3 heterocycles. The molecule has 0 atom stereocenters. The first-order valence-corrected chi connectivity index (χ1v) is 23.8. The minimum Gasteiger partial charge on any atom is -0.396 e. The van der Waals surface area contributed by atoms with Crippen LogP contribution >= 0.6 is 34.4 Å². The zero-order valence-corrected chi connectivity index (χ0v) is 38.1. The Morgan fingerprint density at radius 3 is 1.71 bits per heavy atom. The van der Waals surface area contributed by atoms with Crippen molar-refractivity contribution in [3.63, 3.8) is 0 Å². The zero-order chi connectivity index (χ0) is 44.0. The number of aryl methyl sites for hydroxylation is 2. The fourth-order valence-electron chi connectivity index (χ4n) is 6.52. The van der Waals surface area contributed by atoms with Gasteiger partial charge in [-0.3, -0.25) is 4.55 Å². The van der Waals surface area contributed by atoms with Gasteiger partial charge in [-0.1, -0.05) is 40.5 Å². The highest BCUT2D eigenvalue weighted by Crippen LogP contribution is 2.38. The summed E-state index contributed by atoms with van der Waals surface area (Å²) in [5.74, 6) is 0.784. The van der Waals surface area contributed by atoms with E-state index in [1.54, 1.807) is 13.0 Å². The van der Waals surface area contributed by atoms with Crippen molar-refractivity contribution in [2.45, 2.75) is 51.6 Å². The lowest BCUT2D eigenvalue weighted by Crippen LogP contribution is -2.21. The largest absolute Gasteiger partial charge is 0.396 e. The third-order valence-electron chi connectivity index (χ3n) is 9.62. The second kappa shape index (κ2) is 19.6. The van der Waals surface area contributed by atoms with Gasteiger partial charge >= 0.3 is 0 Å². The minimum absolute atomic E-state index is 0.0808. The predicted molar refractivity (Wildman–Crippen MR) is 251 cm³/mol. The van der Waals surface area contributed by atoms with Crippen LogP contribution in [-0.4, -0.2) is 81.5 Å². The lowest BCUT2D eigenvalue weighted by Gasteiger charge is -2.22. The Kier molecular flexibility index (Phi) is 14.0. The zero-order valence-electron chi connectivity index (χ0n) is 34.9. The third kappa shape index (κ3) is 10.5. The van der Waals surface area contributed by atoms with Gasteiger partial charge in [0.05, 0.1) is 43.3 Å². The molecular formula is C41H45N13O4S4. The Hall–Kier alpha value is -5.71. The number of rotatable bonds is 18. The highest BCUT2D eigenvalue weighted by Gasteiger charge is 2.18. The molecular weight excluding hydrogens is 867 g/mol. The molecule has 322 valence electrons. The number of thioether (sulfide) groups is 1. The standard InChI is InChI=1S/C41H45N13O4S4/c1-7-53(8-2)26-12-15-28(49-51-40-44-30-14-11-24(5)19-34(30)60-40)31(21-26)42-37-46-38(48-39(47-37)59-18-17-55)43-32-22-27(54(9-3)10-4)13-16-29(32)50-52-41-45-33-23-36(62(56,57)58)25(6)20-35(33)61-41/h11-16,19-23,55H,7-10,17-18H2,1-6H3,(H,56,57,58)(H2,42,43,46,47,48)/b51-49+,52-50+. The maximum atomic E-state index is 11.9.